The number of benzene rings is 1. The SMILES string of the molecule is C=CCNC(=O)Cc1csc(COc2ccc(C)cc2)n1. The molecule has 1 aromatic heterocycles. The van der Waals surface area contributed by atoms with E-state index >= 15 is 0 Å². The number of ether oxygens (including phenoxy) is 1. The van der Waals surface area contributed by atoms with Crippen molar-refractivity contribution in [3.8, 4) is 5.75 Å². The van der Waals surface area contributed by atoms with Crippen LogP contribution in [0, 0.1) is 6.92 Å². The Morgan fingerprint density at radius 3 is 2.90 bits per heavy atom. The third-order valence-electron chi connectivity index (χ3n) is 2.77. The van der Waals surface area contributed by atoms with Crippen LogP contribution in [0.3, 0.4) is 0 Å². The Labute approximate surface area is 128 Å². The lowest BCUT2D eigenvalue weighted by atomic mass is 10.2. The molecule has 0 aliphatic rings. The van der Waals surface area contributed by atoms with Crippen molar-refractivity contribution in [1.29, 1.82) is 0 Å². The molecule has 0 bridgehead atoms. The van der Waals surface area contributed by atoms with Gasteiger partial charge in [0.2, 0.25) is 5.91 Å². The Balaban J connectivity index is 1.84. The number of carbonyl (C=O) groups is 1. The van der Waals surface area contributed by atoms with Gasteiger partial charge in [-0.1, -0.05) is 23.8 Å². The van der Waals surface area contributed by atoms with Crippen molar-refractivity contribution in [2.24, 2.45) is 0 Å². The summed E-state index contributed by atoms with van der Waals surface area (Å²) in [6.07, 6.45) is 1.94. The van der Waals surface area contributed by atoms with E-state index < -0.39 is 0 Å². The Bertz CT molecular complexity index is 605. The second kappa shape index (κ2) is 7.59. The van der Waals surface area contributed by atoms with E-state index in [2.05, 4.69) is 16.9 Å². The number of aromatic nitrogens is 1. The molecule has 21 heavy (non-hydrogen) atoms. The molecule has 1 amide bonds. The first-order valence-electron chi connectivity index (χ1n) is 6.67. The molecule has 2 aromatic rings. The Morgan fingerprint density at radius 1 is 1.43 bits per heavy atom. The lowest BCUT2D eigenvalue weighted by Gasteiger charge is -2.03. The number of nitrogens with zero attached hydrogens (tertiary/aromatic N) is 1. The second-order valence-corrected chi connectivity index (χ2v) is 5.55. The highest BCUT2D eigenvalue weighted by atomic mass is 32.1. The quantitative estimate of drug-likeness (QED) is 0.800. The standard InChI is InChI=1S/C16H18N2O2S/c1-3-8-17-15(19)9-13-11-21-16(18-13)10-20-14-6-4-12(2)5-7-14/h3-7,11H,1,8-10H2,2H3,(H,17,19). The number of hydrogen-bond acceptors (Lipinski definition) is 4. The molecular weight excluding hydrogens is 284 g/mol. The Hall–Kier alpha value is -2.14. The molecule has 0 fully saturated rings. The number of carbonyl (C=O) groups excluding carboxylic acids is 1. The molecular formula is C16H18N2O2S. The largest absolute Gasteiger partial charge is 0.486 e. The van der Waals surface area contributed by atoms with E-state index in [1.54, 1.807) is 6.08 Å². The summed E-state index contributed by atoms with van der Waals surface area (Å²) < 4.78 is 5.66. The summed E-state index contributed by atoms with van der Waals surface area (Å²) in [4.78, 5) is 16.0. The summed E-state index contributed by atoms with van der Waals surface area (Å²) in [5.41, 5.74) is 1.97. The monoisotopic (exact) mass is 302 g/mol. The van der Waals surface area contributed by atoms with Gasteiger partial charge in [0.05, 0.1) is 12.1 Å². The van der Waals surface area contributed by atoms with Crippen LogP contribution in [-0.4, -0.2) is 17.4 Å². The van der Waals surface area contributed by atoms with Gasteiger partial charge in [0, 0.05) is 11.9 Å². The van der Waals surface area contributed by atoms with Crippen molar-refractivity contribution in [1.82, 2.24) is 10.3 Å². The van der Waals surface area contributed by atoms with Crippen molar-refractivity contribution in [3.63, 3.8) is 0 Å². The summed E-state index contributed by atoms with van der Waals surface area (Å²) in [5, 5.41) is 5.48. The van der Waals surface area contributed by atoms with Crippen LogP contribution in [0.4, 0.5) is 0 Å². The van der Waals surface area contributed by atoms with E-state index in [1.165, 1.54) is 16.9 Å². The number of nitrogens with one attached hydrogen (secondary N) is 1. The topological polar surface area (TPSA) is 51.2 Å². The molecule has 1 N–H and O–H groups in total. The minimum absolute atomic E-state index is 0.0498. The normalized spacial score (nSPS) is 10.1. The predicted molar refractivity (Wildman–Crippen MR) is 84.5 cm³/mol. The van der Waals surface area contributed by atoms with E-state index in [-0.39, 0.29) is 12.3 Å². The van der Waals surface area contributed by atoms with Crippen LogP contribution in [0.1, 0.15) is 16.3 Å². The fraction of sp³-hybridized carbons (Fsp3) is 0.250. The summed E-state index contributed by atoms with van der Waals surface area (Å²) >= 11 is 1.50. The van der Waals surface area contributed by atoms with Crippen molar-refractivity contribution in [3.05, 3.63) is 58.6 Å². The fourth-order valence-corrected chi connectivity index (χ4v) is 2.39. The van der Waals surface area contributed by atoms with Gasteiger partial charge in [0.15, 0.2) is 0 Å². The molecule has 0 radical (unpaired) electrons. The summed E-state index contributed by atoms with van der Waals surface area (Å²) in [6, 6.07) is 7.89. The first-order chi connectivity index (χ1) is 10.2. The summed E-state index contributed by atoms with van der Waals surface area (Å²) in [6.45, 7) is 6.49. The van der Waals surface area contributed by atoms with Crippen LogP contribution in [-0.2, 0) is 17.8 Å². The van der Waals surface area contributed by atoms with Crippen LogP contribution < -0.4 is 10.1 Å². The number of hydrogen-bond donors (Lipinski definition) is 1. The van der Waals surface area contributed by atoms with E-state index in [1.807, 2.05) is 36.6 Å². The van der Waals surface area contributed by atoms with Gasteiger partial charge < -0.3 is 10.1 Å². The van der Waals surface area contributed by atoms with Crippen molar-refractivity contribution >= 4 is 17.2 Å². The zero-order valence-corrected chi connectivity index (χ0v) is 12.8. The predicted octanol–water partition coefficient (Wildman–Crippen LogP) is 2.88. The molecule has 0 atom stereocenters. The number of aryl methyl sites for hydroxylation is 1. The molecule has 2 rings (SSSR count). The lowest BCUT2D eigenvalue weighted by molar-refractivity contribution is -0.120. The van der Waals surface area contributed by atoms with E-state index in [0.29, 0.717) is 13.2 Å². The molecule has 0 unspecified atom stereocenters. The maximum atomic E-state index is 11.6. The minimum atomic E-state index is -0.0498. The van der Waals surface area contributed by atoms with Crippen molar-refractivity contribution < 1.29 is 9.53 Å². The molecule has 5 heteroatoms. The zero-order chi connectivity index (χ0) is 15.1. The minimum Gasteiger partial charge on any atom is -0.486 e. The van der Waals surface area contributed by atoms with E-state index in [9.17, 15) is 4.79 Å². The van der Waals surface area contributed by atoms with Crippen LogP contribution in [0.15, 0.2) is 42.3 Å². The van der Waals surface area contributed by atoms with Crippen LogP contribution in [0.2, 0.25) is 0 Å². The van der Waals surface area contributed by atoms with Crippen LogP contribution >= 0.6 is 11.3 Å². The molecule has 1 heterocycles. The summed E-state index contributed by atoms with van der Waals surface area (Å²) in [5.74, 6) is 0.771. The van der Waals surface area contributed by atoms with Gasteiger partial charge >= 0.3 is 0 Å². The molecule has 0 spiro atoms. The number of amides is 1. The fourth-order valence-electron chi connectivity index (χ4n) is 1.69. The van der Waals surface area contributed by atoms with Gasteiger partial charge in [0.25, 0.3) is 0 Å². The van der Waals surface area contributed by atoms with Crippen LogP contribution in [0.5, 0.6) is 5.75 Å². The lowest BCUT2D eigenvalue weighted by Crippen LogP contribution is -2.25. The van der Waals surface area contributed by atoms with Crippen molar-refractivity contribution in [2.45, 2.75) is 20.0 Å². The van der Waals surface area contributed by atoms with Gasteiger partial charge in [-0.25, -0.2) is 4.98 Å². The molecule has 4 nitrogen and oxygen atoms in total. The second-order valence-electron chi connectivity index (χ2n) is 4.60. The highest BCUT2D eigenvalue weighted by molar-refractivity contribution is 7.09. The Morgan fingerprint density at radius 2 is 2.19 bits per heavy atom. The van der Waals surface area contributed by atoms with Crippen LogP contribution in [0.25, 0.3) is 0 Å². The first kappa shape index (κ1) is 15.3. The number of rotatable bonds is 7. The first-order valence-corrected chi connectivity index (χ1v) is 7.55. The molecule has 0 saturated carbocycles. The van der Waals surface area contributed by atoms with Gasteiger partial charge in [-0.15, -0.1) is 17.9 Å². The van der Waals surface area contributed by atoms with Gasteiger partial charge in [-0.3, -0.25) is 4.79 Å². The zero-order valence-electron chi connectivity index (χ0n) is 12.0. The Kier molecular flexibility index (Phi) is 5.51. The van der Waals surface area contributed by atoms with Gasteiger partial charge in [-0.05, 0) is 19.1 Å². The smallest absolute Gasteiger partial charge is 0.226 e. The third kappa shape index (κ3) is 5.04. The van der Waals surface area contributed by atoms with E-state index in [0.717, 1.165) is 16.5 Å². The molecule has 0 aliphatic carbocycles. The summed E-state index contributed by atoms with van der Waals surface area (Å²) in [7, 11) is 0. The highest BCUT2D eigenvalue weighted by Crippen LogP contribution is 2.16. The molecule has 110 valence electrons. The maximum Gasteiger partial charge on any atom is 0.226 e. The average Bonchev–Trinajstić information content (AvgIpc) is 2.92. The third-order valence-corrected chi connectivity index (χ3v) is 3.64. The maximum absolute atomic E-state index is 11.6. The highest BCUT2D eigenvalue weighted by Gasteiger charge is 2.07. The van der Waals surface area contributed by atoms with E-state index in [4.69, 9.17) is 4.74 Å². The number of thiazole rings is 1. The molecule has 0 saturated heterocycles. The van der Waals surface area contributed by atoms with Crippen molar-refractivity contribution in [2.75, 3.05) is 6.54 Å². The molecule has 0 aliphatic heterocycles. The van der Waals surface area contributed by atoms with Gasteiger partial charge in [0.1, 0.15) is 17.4 Å². The van der Waals surface area contributed by atoms with Gasteiger partial charge in [-0.2, -0.15) is 0 Å². The average molecular weight is 302 g/mol. The molecule has 1 aromatic carbocycles.